The van der Waals surface area contributed by atoms with E-state index in [1.807, 2.05) is 17.0 Å². The van der Waals surface area contributed by atoms with Crippen molar-refractivity contribution in [3.05, 3.63) is 82.8 Å². The molecule has 0 bridgehead atoms. The second kappa shape index (κ2) is 17.5. The van der Waals surface area contributed by atoms with Gasteiger partial charge in [0.25, 0.3) is 11.8 Å². The lowest BCUT2D eigenvalue weighted by Crippen LogP contribution is -2.54. The van der Waals surface area contributed by atoms with E-state index in [0.29, 0.717) is 68.4 Å². The third-order valence-corrected chi connectivity index (χ3v) is 12.4. The van der Waals surface area contributed by atoms with Gasteiger partial charge in [0.1, 0.15) is 11.9 Å². The number of nitrogens with zero attached hydrogens (tertiary/aromatic N) is 7. The van der Waals surface area contributed by atoms with E-state index in [1.165, 1.54) is 12.1 Å². The number of anilines is 4. The van der Waals surface area contributed by atoms with Crippen LogP contribution in [0.1, 0.15) is 64.8 Å². The van der Waals surface area contributed by atoms with E-state index in [2.05, 4.69) is 35.2 Å². The van der Waals surface area contributed by atoms with E-state index in [9.17, 15) is 37.1 Å². The number of fused-ring (bicyclic) bond motifs is 1. The van der Waals surface area contributed by atoms with Crippen molar-refractivity contribution >= 4 is 58.1 Å². The number of halogens is 3. The minimum Gasteiger partial charge on any atom is -0.377 e. The van der Waals surface area contributed by atoms with Gasteiger partial charge in [0.2, 0.25) is 17.7 Å². The molecule has 0 spiro atoms. The number of rotatable bonds is 10. The normalized spacial score (nSPS) is 20.8. The van der Waals surface area contributed by atoms with E-state index in [1.54, 1.807) is 24.4 Å². The molecule has 61 heavy (non-hydrogen) atoms. The SMILES string of the molecule is [C-]#[N+]c1ccc(N2CCC(C(=O)Nc3ccc(N4CCC(OCCN5CCN(c6cccc7c6C(=O)N(C6CCC(=O)NC6=O)C7=O)CC5)CC4)cn3)CC2)cc1C(F)(F)F. The fourth-order valence-electron chi connectivity index (χ4n) is 8.92. The quantitative estimate of drug-likeness (QED) is 0.216. The first kappa shape index (κ1) is 41.7. The number of hydrogen-bond donors (Lipinski definition) is 2. The number of piperidine rings is 3. The van der Waals surface area contributed by atoms with Gasteiger partial charge in [-0.3, -0.25) is 39.1 Å². The molecule has 0 radical (unpaired) electrons. The van der Waals surface area contributed by atoms with Crippen LogP contribution < -0.4 is 25.3 Å². The number of nitrogens with one attached hydrogen (secondary N) is 2. The van der Waals surface area contributed by atoms with E-state index in [0.717, 1.165) is 62.2 Å². The van der Waals surface area contributed by atoms with Crippen molar-refractivity contribution in [2.24, 2.45) is 5.92 Å². The fraction of sp³-hybridized carbons (Fsp3) is 0.465. The van der Waals surface area contributed by atoms with Crippen molar-refractivity contribution in [1.82, 2.24) is 20.1 Å². The van der Waals surface area contributed by atoms with E-state index >= 15 is 0 Å². The van der Waals surface area contributed by atoms with E-state index in [4.69, 9.17) is 11.3 Å². The molecule has 15 nitrogen and oxygen atoms in total. The third kappa shape index (κ3) is 8.89. The summed E-state index contributed by atoms with van der Waals surface area (Å²) in [6.45, 7) is 13.6. The third-order valence-electron chi connectivity index (χ3n) is 12.4. The Kier molecular flexibility index (Phi) is 12.0. The molecule has 5 amide bonds. The molecule has 1 aromatic heterocycles. The Bertz CT molecular complexity index is 2220. The van der Waals surface area contributed by atoms with Crippen LogP contribution in [-0.4, -0.2) is 122 Å². The molecule has 2 aromatic carbocycles. The fourth-order valence-corrected chi connectivity index (χ4v) is 8.92. The summed E-state index contributed by atoms with van der Waals surface area (Å²) in [5.74, 6) is -2.09. The molecule has 3 aromatic rings. The van der Waals surface area contributed by atoms with Crippen molar-refractivity contribution in [3.63, 3.8) is 0 Å². The lowest BCUT2D eigenvalue weighted by atomic mass is 9.95. The monoisotopic (exact) mass is 841 g/mol. The Labute approximate surface area is 350 Å². The number of carbonyl (C=O) groups excluding carboxylic acids is 5. The summed E-state index contributed by atoms with van der Waals surface area (Å²) in [6, 6.07) is 11.6. The smallest absolute Gasteiger partial charge is 0.377 e. The highest BCUT2D eigenvalue weighted by Crippen LogP contribution is 2.40. The molecule has 0 saturated carbocycles. The Morgan fingerprint density at radius 1 is 0.852 bits per heavy atom. The summed E-state index contributed by atoms with van der Waals surface area (Å²) in [5, 5.41) is 5.13. The second-order valence-electron chi connectivity index (χ2n) is 16.0. The van der Waals surface area contributed by atoms with Gasteiger partial charge in [0, 0.05) is 76.9 Å². The topological polar surface area (TPSA) is 152 Å². The molecule has 1 unspecified atom stereocenters. The molecule has 0 aliphatic carbocycles. The molecule has 5 aliphatic heterocycles. The number of carbonyl (C=O) groups is 5. The Hall–Kier alpha value is -6.06. The maximum absolute atomic E-state index is 13.6. The van der Waals surface area contributed by atoms with Gasteiger partial charge in [0.05, 0.1) is 53.5 Å². The van der Waals surface area contributed by atoms with Gasteiger partial charge in [-0.25, -0.2) is 9.83 Å². The molecule has 1 atom stereocenters. The summed E-state index contributed by atoms with van der Waals surface area (Å²) < 4.78 is 46.7. The summed E-state index contributed by atoms with van der Waals surface area (Å²) in [5.41, 5.74) is 1.21. The van der Waals surface area contributed by atoms with Crippen LogP contribution >= 0.6 is 0 Å². The maximum atomic E-state index is 13.6. The predicted molar refractivity (Wildman–Crippen MR) is 218 cm³/mol. The zero-order valence-electron chi connectivity index (χ0n) is 33.5. The van der Waals surface area contributed by atoms with Crippen LogP contribution in [0.15, 0.2) is 54.7 Å². The Morgan fingerprint density at radius 3 is 2.23 bits per heavy atom. The number of pyridine rings is 1. The van der Waals surface area contributed by atoms with Crippen LogP contribution in [0.5, 0.6) is 0 Å². The predicted octanol–water partition coefficient (Wildman–Crippen LogP) is 4.72. The van der Waals surface area contributed by atoms with Gasteiger partial charge in [-0.2, -0.15) is 13.2 Å². The molecule has 18 heteroatoms. The minimum atomic E-state index is -4.62. The number of benzene rings is 2. The Balaban J connectivity index is 0.740. The van der Waals surface area contributed by atoms with Crippen LogP contribution in [0.4, 0.5) is 41.7 Å². The lowest BCUT2D eigenvalue weighted by molar-refractivity contribution is -0.137. The number of aromatic nitrogens is 1. The van der Waals surface area contributed by atoms with Gasteiger partial charge in [0.15, 0.2) is 5.69 Å². The maximum Gasteiger partial charge on any atom is 0.407 e. The van der Waals surface area contributed by atoms with Crippen LogP contribution in [0, 0.1) is 12.5 Å². The van der Waals surface area contributed by atoms with Crippen LogP contribution in [0.25, 0.3) is 4.85 Å². The molecule has 5 aliphatic rings. The average molecular weight is 842 g/mol. The van der Waals surface area contributed by atoms with Gasteiger partial charge in [-0.15, -0.1) is 0 Å². The highest BCUT2D eigenvalue weighted by Gasteiger charge is 2.46. The van der Waals surface area contributed by atoms with Gasteiger partial charge in [-0.1, -0.05) is 12.1 Å². The summed E-state index contributed by atoms with van der Waals surface area (Å²) >= 11 is 0. The number of alkyl halides is 3. The van der Waals surface area contributed by atoms with Crippen molar-refractivity contribution < 1.29 is 41.9 Å². The molecular formula is C43H46F3N9O6. The standard InChI is InChI=1S/C43H46F3N9O6/c1-47-33-7-5-28(25-32(33)43(44,45)46)52-15-11-27(12-16-52)39(57)49-36-9-6-29(26-48-36)53-17-13-30(14-18-53)61-24-23-51-19-21-54(22-20-51)34-4-2-3-31-38(34)42(60)55(41(31)59)35-8-10-37(56)50-40(35)58/h2-7,9,25-27,30,35H,8,10-24H2,(H,48,49,57)(H,50,56,58). The second-order valence-corrected chi connectivity index (χ2v) is 16.0. The minimum absolute atomic E-state index is 0.0692. The summed E-state index contributed by atoms with van der Waals surface area (Å²) in [4.78, 5) is 81.1. The van der Waals surface area contributed by atoms with Crippen molar-refractivity contribution in [1.29, 1.82) is 0 Å². The molecular weight excluding hydrogens is 796 g/mol. The lowest BCUT2D eigenvalue weighted by Gasteiger charge is -2.37. The van der Waals surface area contributed by atoms with Gasteiger partial charge >= 0.3 is 6.18 Å². The average Bonchev–Trinajstić information content (AvgIpc) is 3.52. The van der Waals surface area contributed by atoms with Crippen LogP contribution in [0.2, 0.25) is 0 Å². The van der Waals surface area contributed by atoms with Crippen LogP contribution in [-0.2, 0) is 25.3 Å². The van der Waals surface area contributed by atoms with Crippen molar-refractivity contribution in [2.45, 2.75) is 56.8 Å². The molecule has 8 rings (SSSR count). The highest BCUT2D eigenvalue weighted by atomic mass is 19.4. The molecule has 320 valence electrons. The van der Waals surface area contributed by atoms with Crippen LogP contribution in [0.3, 0.4) is 0 Å². The molecule has 2 N–H and O–H groups in total. The van der Waals surface area contributed by atoms with Crippen molar-refractivity contribution in [2.75, 3.05) is 85.5 Å². The van der Waals surface area contributed by atoms with E-state index in [-0.39, 0.29) is 36.3 Å². The summed E-state index contributed by atoms with van der Waals surface area (Å²) in [6.07, 6.45) is 0.0907. The number of amides is 5. The number of imide groups is 2. The highest BCUT2D eigenvalue weighted by molar-refractivity contribution is 6.25. The zero-order valence-corrected chi connectivity index (χ0v) is 33.5. The first-order valence-corrected chi connectivity index (χ1v) is 20.7. The van der Waals surface area contributed by atoms with Gasteiger partial charge < -0.3 is 24.8 Å². The van der Waals surface area contributed by atoms with E-state index < -0.39 is 47.1 Å². The Morgan fingerprint density at radius 2 is 1.56 bits per heavy atom. The zero-order chi connectivity index (χ0) is 42.8. The molecule has 4 saturated heterocycles. The molecule has 6 heterocycles. The first-order chi connectivity index (χ1) is 29.4. The summed E-state index contributed by atoms with van der Waals surface area (Å²) in [7, 11) is 0. The number of piperazine rings is 1. The number of ether oxygens (including phenoxy) is 1. The van der Waals surface area contributed by atoms with Gasteiger partial charge in [-0.05, 0) is 68.5 Å². The molecule has 4 fully saturated rings. The van der Waals surface area contributed by atoms with Crippen molar-refractivity contribution in [3.8, 4) is 0 Å². The largest absolute Gasteiger partial charge is 0.407 e. The number of hydrogen-bond acceptors (Lipinski definition) is 11. The first-order valence-electron chi connectivity index (χ1n) is 20.7.